The standard InChI is InChI=1S/C31H33NO4/c1-18(33)24-9-10-25-23-8-7-21-16-22(34)12-13-30(21,2)28(23)27(17-31(24,25)3)36-29(35)20-6-11-26-19(15-20)5-4-14-32-26/h4-8,11,14-16,23-25,27-28H,9-10,12-13,17H2,1-3H3/t23-,24+,25-,27-,28-,30+,31+/m0/s1. The van der Waals surface area contributed by atoms with Crippen LogP contribution in [0, 0.1) is 34.5 Å². The SMILES string of the molecule is CC(=O)[C@H]1CC[C@H]2[C@@H]3C=CC4=CC(=O)CC[C@@]4(C)[C@@H]3[C@@H](OC(=O)c3ccc4ncccc4c3)C[C@]12C. The Morgan fingerprint density at radius 1 is 1.14 bits per heavy atom. The van der Waals surface area contributed by atoms with Gasteiger partial charge in [-0.2, -0.15) is 0 Å². The molecule has 1 aromatic carbocycles. The molecule has 0 amide bonds. The van der Waals surface area contributed by atoms with Crippen molar-refractivity contribution < 1.29 is 19.1 Å². The first-order valence-electron chi connectivity index (χ1n) is 13.2. The van der Waals surface area contributed by atoms with Crippen LogP contribution >= 0.6 is 0 Å². The highest BCUT2D eigenvalue weighted by Gasteiger charge is 2.63. The molecule has 0 saturated heterocycles. The molecule has 2 saturated carbocycles. The fourth-order valence-electron chi connectivity index (χ4n) is 8.28. The van der Waals surface area contributed by atoms with Crippen LogP contribution in [0.4, 0.5) is 0 Å². The summed E-state index contributed by atoms with van der Waals surface area (Å²) >= 11 is 0. The lowest BCUT2D eigenvalue weighted by Crippen LogP contribution is -2.56. The summed E-state index contributed by atoms with van der Waals surface area (Å²) in [5, 5.41) is 0.900. The second kappa shape index (κ2) is 8.22. The molecule has 186 valence electrons. The number of ether oxygens (including phenoxy) is 1. The summed E-state index contributed by atoms with van der Waals surface area (Å²) in [6.45, 7) is 6.19. The number of nitrogens with zero attached hydrogens (tertiary/aromatic N) is 1. The van der Waals surface area contributed by atoms with E-state index in [0.717, 1.165) is 35.7 Å². The summed E-state index contributed by atoms with van der Waals surface area (Å²) in [6, 6.07) is 9.29. The maximum absolute atomic E-state index is 13.6. The van der Waals surface area contributed by atoms with Crippen LogP contribution in [0.2, 0.25) is 0 Å². The Kier molecular flexibility index (Phi) is 5.33. The minimum Gasteiger partial charge on any atom is -0.458 e. The van der Waals surface area contributed by atoms with Crippen LogP contribution in [0.25, 0.3) is 10.9 Å². The van der Waals surface area contributed by atoms with Gasteiger partial charge in [0.1, 0.15) is 11.9 Å². The van der Waals surface area contributed by atoms with Gasteiger partial charge in [-0.1, -0.05) is 32.1 Å². The first-order valence-corrected chi connectivity index (χ1v) is 13.2. The number of esters is 1. The normalized spacial score (nSPS) is 37.0. The monoisotopic (exact) mass is 483 g/mol. The second-order valence-electron chi connectivity index (χ2n) is 11.9. The van der Waals surface area contributed by atoms with E-state index < -0.39 is 0 Å². The summed E-state index contributed by atoms with van der Waals surface area (Å²) < 4.78 is 6.42. The van der Waals surface area contributed by atoms with Crippen LogP contribution in [-0.4, -0.2) is 28.6 Å². The molecule has 2 aromatic rings. The number of hydrogen-bond donors (Lipinski definition) is 0. The van der Waals surface area contributed by atoms with Crippen molar-refractivity contribution >= 4 is 28.4 Å². The van der Waals surface area contributed by atoms with Crippen molar-refractivity contribution in [2.75, 3.05) is 0 Å². The van der Waals surface area contributed by atoms with Gasteiger partial charge in [-0.15, -0.1) is 0 Å². The number of benzene rings is 1. The van der Waals surface area contributed by atoms with Gasteiger partial charge in [0.25, 0.3) is 0 Å². The first-order chi connectivity index (χ1) is 17.2. The zero-order valence-corrected chi connectivity index (χ0v) is 21.2. The number of ketones is 2. The van der Waals surface area contributed by atoms with Gasteiger partial charge >= 0.3 is 5.97 Å². The first kappa shape index (κ1) is 23.3. The molecule has 0 bridgehead atoms. The third kappa shape index (κ3) is 3.42. The Labute approximate surface area is 212 Å². The zero-order chi connectivity index (χ0) is 25.2. The minimum atomic E-state index is -0.334. The van der Waals surface area contributed by atoms with E-state index in [1.165, 1.54) is 0 Å². The van der Waals surface area contributed by atoms with Gasteiger partial charge in [-0.05, 0) is 91.2 Å². The van der Waals surface area contributed by atoms with Crippen LogP contribution < -0.4 is 0 Å². The number of hydrogen-bond acceptors (Lipinski definition) is 5. The van der Waals surface area contributed by atoms with Crippen molar-refractivity contribution in [3.05, 3.63) is 65.9 Å². The molecule has 4 aliphatic rings. The Bertz CT molecular complexity index is 1340. The van der Waals surface area contributed by atoms with Gasteiger partial charge < -0.3 is 4.74 Å². The Balaban J connectivity index is 1.41. The predicted octanol–water partition coefficient (Wildman–Crippen LogP) is 5.88. The van der Waals surface area contributed by atoms with Crippen LogP contribution in [0.15, 0.2) is 60.3 Å². The van der Waals surface area contributed by atoms with Crippen LogP contribution in [0.3, 0.4) is 0 Å². The average Bonchev–Trinajstić information content (AvgIpc) is 3.21. The van der Waals surface area contributed by atoms with Crippen molar-refractivity contribution in [3.63, 3.8) is 0 Å². The summed E-state index contributed by atoms with van der Waals surface area (Å²) in [7, 11) is 0. The molecule has 5 nitrogen and oxygen atoms in total. The van der Waals surface area contributed by atoms with E-state index in [1.807, 2.05) is 24.3 Å². The lowest BCUT2D eigenvalue weighted by molar-refractivity contribution is -0.135. The topological polar surface area (TPSA) is 73.3 Å². The highest BCUT2D eigenvalue weighted by atomic mass is 16.5. The summed E-state index contributed by atoms with van der Waals surface area (Å²) in [6.07, 6.45) is 11.5. The smallest absolute Gasteiger partial charge is 0.338 e. The lowest BCUT2D eigenvalue weighted by Gasteiger charge is -2.58. The molecule has 0 spiro atoms. The number of allylic oxidation sites excluding steroid dienone is 4. The van der Waals surface area contributed by atoms with Crippen LogP contribution in [0.5, 0.6) is 0 Å². The molecule has 6 rings (SSSR count). The van der Waals surface area contributed by atoms with E-state index in [0.29, 0.717) is 24.3 Å². The Morgan fingerprint density at radius 2 is 1.97 bits per heavy atom. The molecule has 36 heavy (non-hydrogen) atoms. The molecule has 5 heteroatoms. The van der Waals surface area contributed by atoms with Gasteiger partial charge in [-0.3, -0.25) is 14.6 Å². The maximum Gasteiger partial charge on any atom is 0.338 e. The fourth-order valence-corrected chi connectivity index (χ4v) is 8.28. The van der Waals surface area contributed by atoms with Crippen molar-refractivity contribution in [1.82, 2.24) is 4.98 Å². The van der Waals surface area contributed by atoms with Gasteiger partial charge in [0.2, 0.25) is 0 Å². The lowest BCUT2D eigenvalue weighted by atomic mass is 9.47. The van der Waals surface area contributed by atoms with Gasteiger partial charge in [0.15, 0.2) is 5.78 Å². The molecule has 0 aliphatic heterocycles. The number of Topliss-reactive ketones (excluding diaryl/α,β-unsaturated/α-hetero) is 1. The molecule has 0 radical (unpaired) electrons. The second-order valence-corrected chi connectivity index (χ2v) is 11.9. The molecule has 4 aliphatic carbocycles. The molecule has 2 fully saturated rings. The summed E-state index contributed by atoms with van der Waals surface area (Å²) in [4.78, 5) is 42.9. The third-order valence-electron chi connectivity index (χ3n) is 10.0. The average molecular weight is 484 g/mol. The maximum atomic E-state index is 13.6. The number of fused-ring (bicyclic) bond motifs is 6. The van der Waals surface area contributed by atoms with Gasteiger partial charge in [0, 0.05) is 29.8 Å². The molecule has 0 N–H and O–H groups in total. The minimum absolute atomic E-state index is 0.0116. The number of aromatic nitrogens is 1. The van der Waals surface area contributed by atoms with Crippen molar-refractivity contribution in [2.45, 2.75) is 59.0 Å². The number of carbonyl (C=O) groups is 3. The van der Waals surface area contributed by atoms with E-state index >= 15 is 0 Å². The van der Waals surface area contributed by atoms with E-state index in [2.05, 4.69) is 31.0 Å². The summed E-state index contributed by atoms with van der Waals surface area (Å²) in [5.74, 6) is 0.716. The van der Waals surface area contributed by atoms with Crippen molar-refractivity contribution in [1.29, 1.82) is 0 Å². The molecular formula is C31H33NO4. The van der Waals surface area contributed by atoms with Crippen molar-refractivity contribution in [3.8, 4) is 0 Å². The van der Waals surface area contributed by atoms with E-state index in [1.54, 1.807) is 25.3 Å². The molecular weight excluding hydrogens is 450 g/mol. The largest absolute Gasteiger partial charge is 0.458 e. The van der Waals surface area contributed by atoms with Gasteiger partial charge in [-0.25, -0.2) is 4.79 Å². The van der Waals surface area contributed by atoms with Crippen LogP contribution in [-0.2, 0) is 14.3 Å². The Morgan fingerprint density at radius 3 is 2.78 bits per heavy atom. The van der Waals surface area contributed by atoms with Gasteiger partial charge in [0.05, 0.1) is 11.1 Å². The number of carbonyl (C=O) groups excluding carboxylic acids is 3. The highest BCUT2D eigenvalue weighted by molar-refractivity contribution is 5.94. The quantitative estimate of drug-likeness (QED) is 0.510. The number of pyridine rings is 1. The Hall–Kier alpha value is -3.08. The highest BCUT2D eigenvalue weighted by Crippen LogP contribution is 2.65. The third-order valence-corrected chi connectivity index (χ3v) is 10.0. The van der Waals surface area contributed by atoms with E-state index in [-0.39, 0.29) is 52.2 Å². The molecule has 0 unspecified atom stereocenters. The number of rotatable bonds is 3. The van der Waals surface area contributed by atoms with Crippen LogP contribution in [0.1, 0.15) is 63.2 Å². The fraction of sp³-hybridized carbons (Fsp3) is 0.484. The van der Waals surface area contributed by atoms with E-state index in [4.69, 9.17) is 4.74 Å². The molecule has 7 atom stereocenters. The summed E-state index contributed by atoms with van der Waals surface area (Å²) in [5.41, 5.74) is 1.96. The van der Waals surface area contributed by atoms with E-state index in [9.17, 15) is 14.4 Å². The predicted molar refractivity (Wildman–Crippen MR) is 137 cm³/mol. The zero-order valence-electron chi connectivity index (χ0n) is 21.2. The van der Waals surface area contributed by atoms with Crippen molar-refractivity contribution in [2.24, 2.45) is 34.5 Å². The molecule has 1 aromatic heterocycles. The molecule has 1 heterocycles.